The van der Waals surface area contributed by atoms with Crippen molar-refractivity contribution in [3.05, 3.63) is 52.8 Å². The molecule has 0 fully saturated rings. The normalized spacial score (nSPS) is 10.5. The molecule has 27 heavy (non-hydrogen) atoms. The number of nitrogens with one attached hydrogen (secondary N) is 1. The first kappa shape index (κ1) is 18.9. The summed E-state index contributed by atoms with van der Waals surface area (Å²) >= 11 is 3.41. The Bertz CT molecular complexity index is 965. The second-order valence-electron chi connectivity index (χ2n) is 5.60. The van der Waals surface area contributed by atoms with Crippen molar-refractivity contribution < 1.29 is 19.0 Å². The van der Waals surface area contributed by atoms with Gasteiger partial charge in [-0.1, -0.05) is 22.0 Å². The molecule has 0 spiro atoms. The van der Waals surface area contributed by atoms with Crippen molar-refractivity contribution in [3.63, 3.8) is 0 Å². The summed E-state index contributed by atoms with van der Waals surface area (Å²) in [5.74, 6) is 1.35. The molecule has 2 aromatic carbocycles. The van der Waals surface area contributed by atoms with Gasteiger partial charge in [-0.15, -0.1) is 0 Å². The van der Waals surface area contributed by atoms with Gasteiger partial charge in [0.15, 0.2) is 18.1 Å². The predicted octanol–water partition coefficient (Wildman–Crippen LogP) is 3.10. The monoisotopic (exact) mass is 431 g/mol. The molecule has 0 aliphatic rings. The molecule has 0 atom stereocenters. The van der Waals surface area contributed by atoms with Gasteiger partial charge in [0.1, 0.15) is 6.33 Å². The quantitative estimate of drug-likeness (QED) is 0.618. The first-order valence-electron chi connectivity index (χ1n) is 8.11. The summed E-state index contributed by atoms with van der Waals surface area (Å²) in [7, 11) is 3.14. The van der Waals surface area contributed by atoms with E-state index in [0.717, 1.165) is 20.9 Å². The van der Waals surface area contributed by atoms with Gasteiger partial charge in [0.2, 0.25) is 5.88 Å². The number of aromatic nitrogens is 2. The Kier molecular flexibility index (Phi) is 6.08. The minimum absolute atomic E-state index is 0.147. The standard InChI is InChI=1S/C19H18BrN3O4/c1-25-16-6-3-12(7-17(16)26-2)9-21-18(24)10-27-19-14-8-13(20)4-5-15(14)22-11-23-19/h3-8,11H,9-10H2,1-2H3,(H,21,24). The topological polar surface area (TPSA) is 82.6 Å². The van der Waals surface area contributed by atoms with Gasteiger partial charge in [-0.3, -0.25) is 4.79 Å². The van der Waals surface area contributed by atoms with Crippen LogP contribution in [0.5, 0.6) is 17.4 Å². The molecular weight excluding hydrogens is 414 g/mol. The van der Waals surface area contributed by atoms with Crippen LogP contribution in [0.3, 0.4) is 0 Å². The van der Waals surface area contributed by atoms with Crippen molar-refractivity contribution in [3.8, 4) is 17.4 Å². The van der Waals surface area contributed by atoms with Crippen LogP contribution in [-0.4, -0.2) is 36.7 Å². The highest BCUT2D eigenvalue weighted by Crippen LogP contribution is 2.27. The molecule has 7 nitrogen and oxygen atoms in total. The number of benzene rings is 2. The van der Waals surface area contributed by atoms with Crippen molar-refractivity contribution in [1.82, 2.24) is 15.3 Å². The number of rotatable bonds is 7. The van der Waals surface area contributed by atoms with Crippen LogP contribution in [0.2, 0.25) is 0 Å². The van der Waals surface area contributed by atoms with Crippen molar-refractivity contribution >= 4 is 32.7 Å². The van der Waals surface area contributed by atoms with Crippen molar-refractivity contribution in [1.29, 1.82) is 0 Å². The molecule has 0 unspecified atom stereocenters. The fourth-order valence-corrected chi connectivity index (χ4v) is 2.86. The number of hydrogen-bond donors (Lipinski definition) is 1. The maximum Gasteiger partial charge on any atom is 0.258 e. The van der Waals surface area contributed by atoms with Crippen LogP contribution >= 0.6 is 15.9 Å². The van der Waals surface area contributed by atoms with E-state index >= 15 is 0 Å². The van der Waals surface area contributed by atoms with E-state index in [-0.39, 0.29) is 12.5 Å². The largest absolute Gasteiger partial charge is 0.493 e. The number of ether oxygens (including phenoxy) is 3. The summed E-state index contributed by atoms with van der Waals surface area (Å²) in [6.07, 6.45) is 1.41. The van der Waals surface area contributed by atoms with Gasteiger partial charge in [-0.05, 0) is 35.9 Å². The summed E-state index contributed by atoms with van der Waals surface area (Å²) in [4.78, 5) is 20.4. The van der Waals surface area contributed by atoms with Crippen LogP contribution in [0.4, 0.5) is 0 Å². The fraction of sp³-hybridized carbons (Fsp3) is 0.211. The van der Waals surface area contributed by atoms with E-state index in [0.29, 0.717) is 23.9 Å². The Balaban J connectivity index is 1.60. The van der Waals surface area contributed by atoms with Crippen molar-refractivity contribution in [2.75, 3.05) is 20.8 Å². The number of nitrogens with zero attached hydrogens (tertiary/aromatic N) is 2. The third kappa shape index (κ3) is 4.65. The lowest BCUT2D eigenvalue weighted by Gasteiger charge is -2.11. The molecule has 1 amide bonds. The molecule has 140 valence electrons. The minimum Gasteiger partial charge on any atom is -0.493 e. The molecule has 0 saturated carbocycles. The van der Waals surface area contributed by atoms with Crippen LogP contribution in [0.1, 0.15) is 5.56 Å². The summed E-state index contributed by atoms with van der Waals surface area (Å²) in [5.41, 5.74) is 1.63. The van der Waals surface area contributed by atoms with Gasteiger partial charge < -0.3 is 19.5 Å². The van der Waals surface area contributed by atoms with Crippen LogP contribution in [0, 0.1) is 0 Å². The lowest BCUT2D eigenvalue weighted by Crippen LogP contribution is -2.28. The Labute approximate surface area is 164 Å². The Morgan fingerprint density at radius 2 is 1.89 bits per heavy atom. The van der Waals surface area contributed by atoms with Crippen LogP contribution in [-0.2, 0) is 11.3 Å². The first-order valence-corrected chi connectivity index (χ1v) is 8.90. The van der Waals surface area contributed by atoms with Crippen LogP contribution < -0.4 is 19.5 Å². The molecule has 0 aliphatic heterocycles. The number of hydrogen-bond acceptors (Lipinski definition) is 6. The zero-order chi connectivity index (χ0) is 19.2. The number of amides is 1. The third-order valence-electron chi connectivity index (χ3n) is 3.84. The molecule has 1 heterocycles. The van der Waals surface area contributed by atoms with Crippen molar-refractivity contribution in [2.45, 2.75) is 6.54 Å². The molecule has 0 bridgehead atoms. The third-order valence-corrected chi connectivity index (χ3v) is 4.33. The zero-order valence-electron chi connectivity index (χ0n) is 14.9. The maximum absolute atomic E-state index is 12.1. The van der Waals surface area contributed by atoms with E-state index < -0.39 is 0 Å². The second-order valence-corrected chi connectivity index (χ2v) is 6.51. The molecule has 1 aromatic heterocycles. The number of methoxy groups -OCH3 is 2. The van der Waals surface area contributed by atoms with Crippen molar-refractivity contribution in [2.24, 2.45) is 0 Å². The Morgan fingerprint density at radius 3 is 2.67 bits per heavy atom. The van der Waals surface area contributed by atoms with Gasteiger partial charge in [0, 0.05) is 11.0 Å². The van der Waals surface area contributed by atoms with Crippen LogP contribution in [0.25, 0.3) is 10.9 Å². The highest BCUT2D eigenvalue weighted by atomic mass is 79.9. The van der Waals surface area contributed by atoms with E-state index in [1.54, 1.807) is 20.3 Å². The SMILES string of the molecule is COc1ccc(CNC(=O)COc2ncnc3ccc(Br)cc23)cc1OC. The second kappa shape index (κ2) is 8.68. The van der Waals surface area contributed by atoms with E-state index in [1.807, 2.05) is 30.3 Å². The number of halogens is 1. The Morgan fingerprint density at radius 1 is 1.07 bits per heavy atom. The summed E-state index contributed by atoms with van der Waals surface area (Å²) < 4.78 is 16.9. The molecular formula is C19H18BrN3O4. The molecule has 8 heteroatoms. The summed E-state index contributed by atoms with van der Waals surface area (Å²) in [6.45, 7) is 0.199. The summed E-state index contributed by atoms with van der Waals surface area (Å²) in [6, 6.07) is 11.1. The van der Waals surface area contributed by atoms with Gasteiger partial charge in [0.25, 0.3) is 5.91 Å². The number of carbonyl (C=O) groups is 1. The van der Waals surface area contributed by atoms with Gasteiger partial charge in [-0.25, -0.2) is 9.97 Å². The first-order chi connectivity index (χ1) is 13.1. The average Bonchev–Trinajstić information content (AvgIpc) is 2.70. The molecule has 3 aromatic rings. The maximum atomic E-state index is 12.1. The lowest BCUT2D eigenvalue weighted by molar-refractivity contribution is -0.123. The molecule has 1 N–H and O–H groups in total. The molecule has 0 aliphatic carbocycles. The van der Waals surface area contributed by atoms with E-state index in [9.17, 15) is 4.79 Å². The minimum atomic E-state index is -0.258. The van der Waals surface area contributed by atoms with Gasteiger partial charge in [0.05, 0.1) is 25.1 Å². The molecule has 0 saturated heterocycles. The van der Waals surface area contributed by atoms with E-state index in [1.165, 1.54) is 6.33 Å². The fourth-order valence-electron chi connectivity index (χ4n) is 2.50. The van der Waals surface area contributed by atoms with E-state index in [4.69, 9.17) is 14.2 Å². The van der Waals surface area contributed by atoms with Gasteiger partial charge >= 0.3 is 0 Å². The zero-order valence-corrected chi connectivity index (χ0v) is 16.4. The molecule has 0 radical (unpaired) electrons. The number of fused-ring (bicyclic) bond motifs is 1. The lowest BCUT2D eigenvalue weighted by atomic mass is 10.2. The highest BCUT2D eigenvalue weighted by molar-refractivity contribution is 9.10. The highest BCUT2D eigenvalue weighted by Gasteiger charge is 2.10. The summed E-state index contributed by atoms with van der Waals surface area (Å²) in [5, 5.41) is 3.54. The smallest absolute Gasteiger partial charge is 0.258 e. The van der Waals surface area contributed by atoms with Crippen LogP contribution in [0.15, 0.2) is 47.2 Å². The van der Waals surface area contributed by atoms with E-state index in [2.05, 4.69) is 31.2 Å². The number of carbonyl (C=O) groups excluding carboxylic acids is 1. The molecule has 3 rings (SSSR count). The average molecular weight is 432 g/mol. The Hall–Kier alpha value is -2.87. The van der Waals surface area contributed by atoms with Gasteiger partial charge in [-0.2, -0.15) is 0 Å². The predicted molar refractivity (Wildman–Crippen MR) is 104 cm³/mol.